The maximum atomic E-state index is 11.5. The molecule has 2 aliphatic rings. The van der Waals surface area contributed by atoms with Crippen molar-refractivity contribution in [1.29, 1.82) is 0 Å². The molecule has 1 aromatic carbocycles. The Kier molecular flexibility index (Phi) is 17.4. The van der Waals surface area contributed by atoms with Gasteiger partial charge in [0.1, 0.15) is 6.04 Å². The number of carboxylic acids is 1. The highest BCUT2D eigenvalue weighted by Gasteiger charge is 2.37. The van der Waals surface area contributed by atoms with Gasteiger partial charge in [0.25, 0.3) is 0 Å². The minimum atomic E-state index is -0.589. The Labute approximate surface area is 180 Å². The summed E-state index contributed by atoms with van der Waals surface area (Å²) < 4.78 is 0. The maximum Gasteiger partial charge on any atom is 0.321 e. The maximum absolute atomic E-state index is 11.5. The van der Waals surface area contributed by atoms with E-state index >= 15 is 0 Å². The molecule has 3 rings (SSSR count). The number of nitrogens with zero attached hydrogens (tertiary/aromatic N) is 1. The fourth-order valence-corrected chi connectivity index (χ4v) is 3.94. The molecule has 0 spiro atoms. The molecular weight excluding hydrogens is 358 g/mol. The Morgan fingerprint density at radius 2 is 1.45 bits per heavy atom. The Bertz CT molecular complexity index is 478. The van der Waals surface area contributed by atoms with Gasteiger partial charge >= 0.3 is 5.97 Å². The topological polar surface area (TPSA) is 40.5 Å². The van der Waals surface area contributed by atoms with Crippen molar-refractivity contribution in [1.82, 2.24) is 4.90 Å². The molecule has 1 unspecified atom stereocenters. The molecule has 1 N–H and O–H groups in total. The number of aliphatic carboxylic acids is 1. The molecule has 0 bridgehead atoms. The van der Waals surface area contributed by atoms with Crippen LogP contribution in [-0.4, -0.2) is 35.1 Å². The molecule has 166 valence electrons. The lowest BCUT2D eigenvalue weighted by molar-refractivity contribution is -0.145. The zero-order valence-corrected chi connectivity index (χ0v) is 19.5. The lowest BCUT2D eigenvalue weighted by Crippen LogP contribution is -2.45. The van der Waals surface area contributed by atoms with Gasteiger partial charge in [-0.15, -0.1) is 0 Å². The van der Waals surface area contributed by atoms with Gasteiger partial charge in [-0.3, -0.25) is 9.69 Å². The third kappa shape index (κ3) is 11.9. The van der Waals surface area contributed by atoms with Crippen LogP contribution < -0.4 is 0 Å². The van der Waals surface area contributed by atoms with Crippen LogP contribution in [0.1, 0.15) is 79.6 Å². The van der Waals surface area contributed by atoms with Crippen molar-refractivity contribution in [3.63, 3.8) is 0 Å². The second kappa shape index (κ2) is 18.4. The van der Waals surface area contributed by atoms with E-state index in [-0.39, 0.29) is 6.04 Å². The minimum Gasteiger partial charge on any atom is -0.480 e. The van der Waals surface area contributed by atoms with Gasteiger partial charge in [0, 0.05) is 6.54 Å². The molecule has 3 nitrogen and oxygen atoms in total. The number of hydrogen-bond donors (Lipinski definition) is 1. The summed E-state index contributed by atoms with van der Waals surface area (Å²) in [5.74, 6) is 0.533. The summed E-state index contributed by atoms with van der Waals surface area (Å²) >= 11 is 0. The number of likely N-dealkylation sites (tertiary alicyclic amines) is 1. The number of carbonyl (C=O) groups is 1. The van der Waals surface area contributed by atoms with Gasteiger partial charge in [-0.1, -0.05) is 95.0 Å². The first kappa shape index (κ1) is 27.4. The molecule has 2 atom stereocenters. The summed E-state index contributed by atoms with van der Waals surface area (Å²) in [5, 5.41) is 9.50. The predicted octanol–water partition coefficient (Wildman–Crippen LogP) is 7.05. The molecule has 1 aromatic rings. The third-order valence-corrected chi connectivity index (χ3v) is 5.64. The monoisotopic (exact) mass is 403 g/mol. The van der Waals surface area contributed by atoms with Crippen LogP contribution in [0.3, 0.4) is 0 Å². The molecule has 0 aromatic heterocycles. The summed E-state index contributed by atoms with van der Waals surface area (Å²) in [6.07, 6.45) is 12.3. The van der Waals surface area contributed by atoms with Gasteiger partial charge in [-0.05, 0) is 51.5 Å². The van der Waals surface area contributed by atoms with E-state index in [0.29, 0.717) is 5.92 Å². The molecule has 2 fully saturated rings. The third-order valence-electron chi connectivity index (χ3n) is 5.64. The zero-order valence-electron chi connectivity index (χ0n) is 19.5. The van der Waals surface area contributed by atoms with Gasteiger partial charge in [0.05, 0.1) is 0 Å². The lowest BCUT2D eigenvalue weighted by atomic mass is 9.83. The van der Waals surface area contributed by atoms with E-state index in [0.717, 1.165) is 31.8 Å². The normalized spacial score (nSPS) is 20.4. The first-order valence-corrected chi connectivity index (χ1v) is 11.7. The molecule has 1 saturated carbocycles. The van der Waals surface area contributed by atoms with Crippen LogP contribution in [0, 0.1) is 11.8 Å². The second-order valence-corrected chi connectivity index (χ2v) is 7.56. The molecular formula is C26H45NO2. The van der Waals surface area contributed by atoms with Crippen molar-refractivity contribution in [3.8, 4) is 0 Å². The SMILES string of the molecule is C/C=C\C.CC.CCC1CCN([C@@H](C(=O)O)C2CCCCC2)C1.c1ccccc1. The largest absolute Gasteiger partial charge is 0.480 e. The number of hydrogen-bond acceptors (Lipinski definition) is 2. The first-order valence-electron chi connectivity index (χ1n) is 11.7. The first-order chi connectivity index (χ1) is 14.1. The Morgan fingerprint density at radius 1 is 0.966 bits per heavy atom. The smallest absolute Gasteiger partial charge is 0.321 e. The van der Waals surface area contributed by atoms with E-state index in [4.69, 9.17) is 0 Å². The van der Waals surface area contributed by atoms with E-state index < -0.39 is 5.97 Å². The minimum absolute atomic E-state index is 0.202. The second-order valence-electron chi connectivity index (χ2n) is 7.56. The quantitative estimate of drug-likeness (QED) is 0.548. The van der Waals surface area contributed by atoms with Gasteiger partial charge in [0.15, 0.2) is 0 Å². The average Bonchev–Trinajstić information content (AvgIpc) is 3.26. The van der Waals surface area contributed by atoms with Gasteiger partial charge in [0.2, 0.25) is 0 Å². The lowest BCUT2D eigenvalue weighted by Gasteiger charge is -2.33. The van der Waals surface area contributed by atoms with Crippen LogP contribution in [0.5, 0.6) is 0 Å². The standard InChI is InChI=1S/C14H25NO2.C6H6.C4H8.C2H6/c1-2-11-8-9-15(10-11)13(14(16)17)12-6-4-3-5-7-12;1-2-4-6-5-3-1;1-3-4-2;1-2/h11-13H,2-10H2,1H3,(H,16,17);1-6H;3-4H,1-2H3;1-2H3/b;;4-3-;/t11?,13-;;;/m1.../s1. The van der Waals surface area contributed by atoms with Crippen molar-refractivity contribution in [2.24, 2.45) is 11.8 Å². The highest BCUT2D eigenvalue weighted by atomic mass is 16.4. The molecule has 1 heterocycles. The summed E-state index contributed by atoms with van der Waals surface area (Å²) in [6.45, 7) is 12.2. The average molecular weight is 404 g/mol. The van der Waals surface area contributed by atoms with E-state index in [9.17, 15) is 9.90 Å². The molecule has 1 aliphatic carbocycles. The van der Waals surface area contributed by atoms with E-state index in [2.05, 4.69) is 11.8 Å². The predicted molar refractivity (Wildman–Crippen MR) is 126 cm³/mol. The van der Waals surface area contributed by atoms with Gasteiger partial charge in [-0.2, -0.15) is 0 Å². The van der Waals surface area contributed by atoms with Crippen LogP contribution in [0.4, 0.5) is 0 Å². The Balaban J connectivity index is 0.000000537. The van der Waals surface area contributed by atoms with Crippen LogP contribution in [0.2, 0.25) is 0 Å². The zero-order chi connectivity index (χ0) is 21.9. The van der Waals surface area contributed by atoms with E-state index in [1.807, 2.05) is 76.2 Å². The van der Waals surface area contributed by atoms with Crippen molar-refractivity contribution in [2.45, 2.75) is 85.6 Å². The van der Waals surface area contributed by atoms with Gasteiger partial charge in [-0.25, -0.2) is 0 Å². The van der Waals surface area contributed by atoms with E-state index in [1.165, 1.54) is 32.1 Å². The molecule has 1 saturated heterocycles. The fourth-order valence-electron chi connectivity index (χ4n) is 3.94. The summed E-state index contributed by atoms with van der Waals surface area (Å²) in [4.78, 5) is 13.8. The fraction of sp³-hybridized carbons (Fsp3) is 0.654. The van der Waals surface area contributed by atoms with Crippen molar-refractivity contribution in [2.75, 3.05) is 13.1 Å². The molecule has 0 radical (unpaired) electrons. The Hall–Kier alpha value is -1.61. The molecule has 0 amide bonds. The highest BCUT2D eigenvalue weighted by molar-refractivity contribution is 5.74. The van der Waals surface area contributed by atoms with Crippen LogP contribution in [0.25, 0.3) is 0 Å². The van der Waals surface area contributed by atoms with Crippen molar-refractivity contribution >= 4 is 5.97 Å². The number of rotatable bonds is 4. The number of benzene rings is 1. The summed E-state index contributed by atoms with van der Waals surface area (Å²) in [5.41, 5.74) is 0. The summed E-state index contributed by atoms with van der Waals surface area (Å²) in [7, 11) is 0. The van der Waals surface area contributed by atoms with Crippen LogP contribution in [0.15, 0.2) is 48.6 Å². The van der Waals surface area contributed by atoms with Crippen molar-refractivity contribution in [3.05, 3.63) is 48.6 Å². The van der Waals surface area contributed by atoms with Crippen LogP contribution >= 0.6 is 0 Å². The molecule has 1 aliphatic heterocycles. The molecule has 29 heavy (non-hydrogen) atoms. The summed E-state index contributed by atoms with van der Waals surface area (Å²) in [6, 6.07) is 11.8. The highest BCUT2D eigenvalue weighted by Crippen LogP contribution is 2.32. The van der Waals surface area contributed by atoms with Crippen LogP contribution in [-0.2, 0) is 4.79 Å². The number of carboxylic acid groups (broad SMARTS) is 1. The molecule has 3 heteroatoms. The Morgan fingerprint density at radius 3 is 1.79 bits per heavy atom. The van der Waals surface area contributed by atoms with E-state index in [1.54, 1.807) is 0 Å². The number of allylic oxidation sites excluding steroid dienone is 2. The van der Waals surface area contributed by atoms with Crippen molar-refractivity contribution < 1.29 is 9.90 Å². The van der Waals surface area contributed by atoms with Gasteiger partial charge < -0.3 is 5.11 Å².